The Balaban J connectivity index is 1.93. The highest BCUT2D eigenvalue weighted by Crippen LogP contribution is 2.37. The van der Waals surface area contributed by atoms with Crippen LogP contribution in [-0.4, -0.2) is 29.6 Å². The van der Waals surface area contributed by atoms with Crippen LogP contribution in [0.5, 0.6) is 0 Å². The van der Waals surface area contributed by atoms with Gasteiger partial charge in [0.2, 0.25) is 0 Å². The Morgan fingerprint density at radius 2 is 2.11 bits per heavy atom. The fourth-order valence-corrected chi connectivity index (χ4v) is 4.16. The molecule has 2 aliphatic heterocycles. The van der Waals surface area contributed by atoms with Crippen LogP contribution >= 0.6 is 11.3 Å². The third kappa shape index (κ3) is 1.54. The summed E-state index contributed by atoms with van der Waals surface area (Å²) in [5, 5.41) is 4.77. The predicted molar refractivity (Wildman–Crippen MR) is 74.3 cm³/mol. The molecule has 18 heavy (non-hydrogen) atoms. The summed E-state index contributed by atoms with van der Waals surface area (Å²) in [6.07, 6.45) is 5.42. The van der Waals surface area contributed by atoms with Crippen LogP contribution < -0.4 is 10.2 Å². The number of fused-ring (bicyclic) bond motifs is 3. The van der Waals surface area contributed by atoms with Crippen LogP contribution in [0.15, 0.2) is 6.33 Å². The van der Waals surface area contributed by atoms with Gasteiger partial charge in [-0.05, 0) is 31.4 Å². The minimum absolute atomic E-state index is 0.996. The van der Waals surface area contributed by atoms with Gasteiger partial charge >= 0.3 is 0 Å². The van der Waals surface area contributed by atoms with E-state index in [1.165, 1.54) is 39.3 Å². The zero-order valence-corrected chi connectivity index (χ0v) is 11.1. The lowest BCUT2D eigenvalue weighted by Crippen LogP contribution is -2.23. The maximum Gasteiger partial charge on any atom is 0.141 e. The van der Waals surface area contributed by atoms with E-state index in [0.29, 0.717) is 0 Å². The summed E-state index contributed by atoms with van der Waals surface area (Å²) in [5.41, 5.74) is 1.50. The number of nitrogens with zero attached hydrogens (tertiary/aromatic N) is 3. The number of rotatable bonds is 1. The lowest BCUT2D eigenvalue weighted by Gasteiger charge is -2.19. The number of thiophene rings is 1. The van der Waals surface area contributed by atoms with Gasteiger partial charge in [-0.2, -0.15) is 0 Å². The Hall–Kier alpha value is -1.20. The molecule has 4 nitrogen and oxygen atoms in total. The summed E-state index contributed by atoms with van der Waals surface area (Å²) in [5.74, 6) is 1.18. The molecule has 4 heterocycles. The molecular weight excluding hydrogens is 244 g/mol. The van der Waals surface area contributed by atoms with Crippen molar-refractivity contribution in [2.24, 2.45) is 0 Å². The summed E-state index contributed by atoms with van der Waals surface area (Å²) in [6, 6.07) is 0. The van der Waals surface area contributed by atoms with E-state index in [4.69, 9.17) is 0 Å². The molecule has 4 rings (SSSR count). The molecule has 2 aromatic rings. The maximum absolute atomic E-state index is 4.57. The zero-order chi connectivity index (χ0) is 11.9. The number of aromatic nitrogens is 2. The van der Waals surface area contributed by atoms with Gasteiger partial charge in [0, 0.05) is 24.5 Å². The molecule has 0 bridgehead atoms. The first-order valence-electron chi connectivity index (χ1n) is 6.64. The van der Waals surface area contributed by atoms with Gasteiger partial charge < -0.3 is 10.2 Å². The minimum atomic E-state index is 0.996. The van der Waals surface area contributed by atoms with E-state index in [-0.39, 0.29) is 0 Å². The van der Waals surface area contributed by atoms with Crippen LogP contribution in [0.25, 0.3) is 10.2 Å². The van der Waals surface area contributed by atoms with Crippen molar-refractivity contribution in [2.45, 2.75) is 25.8 Å². The molecule has 0 unspecified atom stereocenters. The standard InChI is InChI=1S/C13H16N4S/c1-2-6-17(5-1)12-11-9-3-4-14-7-10(9)18-13(11)16-8-15-12/h8,14H,1-7H2. The second kappa shape index (κ2) is 4.17. The van der Waals surface area contributed by atoms with Gasteiger partial charge in [-0.15, -0.1) is 11.3 Å². The second-order valence-corrected chi connectivity index (χ2v) is 6.09. The van der Waals surface area contributed by atoms with E-state index in [1.54, 1.807) is 6.33 Å². The minimum Gasteiger partial charge on any atom is -0.356 e. The molecule has 0 aliphatic carbocycles. The normalized spacial score (nSPS) is 19.4. The van der Waals surface area contributed by atoms with Crippen molar-refractivity contribution in [1.82, 2.24) is 15.3 Å². The van der Waals surface area contributed by atoms with Crippen molar-refractivity contribution >= 4 is 27.4 Å². The Morgan fingerprint density at radius 1 is 1.22 bits per heavy atom. The topological polar surface area (TPSA) is 41.1 Å². The van der Waals surface area contributed by atoms with Gasteiger partial charge in [0.15, 0.2) is 0 Å². The Labute approximate surface area is 110 Å². The van der Waals surface area contributed by atoms with E-state index in [9.17, 15) is 0 Å². The highest BCUT2D eigenvalue weighted by atomic mass is 32.1. The molecular formula is C13H16N4S. The molecule has 1 N–H and O–H groups in total. The first kappa shape index (κ1) is 10.7. The Morgan fingerprint density at radius 3 is 3.00 bits per heavy atom. The molecule has 0 amide bonds. The molecule has 2 aromatic heterocycles. The van der Waals surface area contributed by atoms with Gasteiger partial charge in [0.25, 0.3) is 0 Å². The van der Waals surface area contributed by atoms with Gasteiger partial charge in [-0.3, -0.25) is 0 Å². The fraction of sp³-hybridized carbons (Fsp3) is 0.538. The maximum atomic E-state index is 4.57. The van der Waals surface area contributed by atoms with Crippen LogP contribution in [0, 0.1) is 0 Å². The van der Waals surface area contributed by atoms with Crippen molar-refractivity contribution in [3.8, 4) is 0 Å². The van der Waals surface area contributed by atoms with Crippen molar-refractivity contribution in [1.29, 1.82) is 0 Å². The first-order chi connectivity index (χ1) is 8.93. The third-order valence-corrected chi connectivity index (χ3v) is 5.03. The third-order valence-electron chi connectivity index (χ3n) is 3.89. The van der Waals surface area contributed by atoms with E-state index in [1.807, 2.05) is 11.3 Å². The van der Waals surface area contributed by atoms with Crippen molar-refractivity contribution < 1.29 is 0 Å². The molecule has 1 fully saturated rings. The molecule has 0 aromatic carbocycles. The molecule has 1 saturated heterocycles. The van der Waals surface area contributed by atoms with Gasteiger partial charge in [0.1, 0.15) is 17.0 Å². The number of hydrogen-bond donors (Lipinski definition) is 1. The SMILES string of the molecule is c1nc(N2CCCC2)c2c3c(sc2n1)CNCC3. The summed E-state index contributed by atoms with van der Waals surface area (Å²) < 4.78 is 0. The number of hydrogen-bond acceptors (Lipinski definition) is 5. The van der Waals surface area contributed by atoms with Gasteiger partial charge in [0.05, 0.1) is 5.39 Å². The second-order valence-electron chi connectivity index (χ2n) is 5.00. The number of anilines is 1. The summed E-state index contributed by atoms with van der Waals surface area (Å²) in [7, 11) is 0. The van der Waals surface area contributed by atoms with Crippen LogP contribution in [0.3, 0.4) is 0 Å². The first-order valence-corrected chi connectivity index (χ1v) is 7.46. The molecule has 5 heteroatoms. The lowest BCUT2D eigenvalue weighted by molar-refractivity contribution is 0.657. The van der Waals surface area contributed by atoms with Crippen LogP contribution in [-0.2, 0) is 13.0 Å². The van der Waals surface area contributed by atoms with E-state index in [2.05, 4.69) is 20.2 Å². The van der Waals surface area contributed by atoms with E-state index >= 15 is 0 Å². The molecule has 94 valence electrons. The van der Waals surface area contributed by atoms with Gasteiger partial charge in [-0.1, -0.05) is 0 Å². The number of nitrogens with one attached hydrogen (secondary N) is 1. The predicted octanol–water partition coefficient (Wildman–Crippen LogP) is 1.94. The molecule has 0 spiro atoms. The highest BCUT2D eigenvalue weighted by Gasteiger charge is 2.23. The van der Waals surface area contributed by atoms with Crippen molar-refractivity contribution in [3.05, 3.63) is 16.8 Å². The summed E-state index contributed by atoms with van der Waals surface area (Å²) in [6.45, 7) is 4.37. The Kier molecular flexibility index (Phi) is 2.48. The van der Waals surface area contributed by atoms with Crippen LogP contribution in [0.2, 0.25) is 0 Å². The fourth-order valence-electron chi connectivity index (χ4n) is 3.01. The molecule has 2 aliphatic rings. The van der Waals surface area contributed by atoms with Crippen LogP contribution in [0.1, 0.15) is 23.3 Å². The Bertz CT molecular complexity index is 586. The van der Waals surface area contributed by atoms with Gasteiger partial charge in [-0.25, -0.2) is 9.97 Å². The molecule has 0 saturated carbocycles. The quantitative estimate of drug-likeness (QED) is 0.850. The van der Waals surface area contributed by atoms with E-state index in [0.717, 1.165) is 32.6 Å². The van der Waals surface area contributed by atoms with Crippen molar-refractivity contribution in [3.63, 3.8) is 0 Å². The molecule has 0 radical (unpaired) electrons. The largest absolute Gasteiger partial charge is 0.356 e. The lowest BCUT2D eigenvalue weighted by atomic mass is 10.1. The summed E-state index contributed by atoms with van der Waals surface area (Å²) in [4.78, 5) is 14.1. The smallest absolute Gasteiger partial charge is 0.141 e. The zero-order valence-electron chi connectivity index (χ0n) is 10.3. The van der Waals surface area contributed by atoms with Crippen LogP contribution in [0.4, 0.5) is 5.82 Å². The monoisotopic (exact) mass is 260 g/mol. The van der Waals surface area contributed by atoms with Crippen molar-refractivity contribution in [2.75, 3.05) is 24.5 Å². The summed E-state index contributed by atoms with van der Waals surface area (Å²) >= 11 is 1.83. The average Bonchev–Trinajstić information content (AvgIpc) is 3.05. The average molecular weight is 260 g/mol. The van der Waals surface area contributed by atoms with E-state index < -0.39 is 0 Å². The highest BCUT2D eigenvalue weighted by molar-refractivity contribution is 7.18. The molecule has 0 atom stereocenters.